The first-order valence-corrected chi connectivity index (χ1v) is 8.29. The van der Waals surface area contributed by atoms with Crippen LogP contribution in [0.1, 0.15) is 6.92 Å². The molecular formula is C19H21N3O6. The minimum absolute atomic E-state index is 0.245. The highest BCUT2D eigenvalue weighted by atomic mass is 16.5. The third kappa shape index (κ3) is 5.63. The van der Waals surface area contributed by atoms with Crippen molar-refractivity contribution in [2.45, 2.75) is 13.0 Å². The Morgan fingerprint density at radius 3 is 2.21 bits per heavy atom. The first-order chi connectivity index (χ1) is 13.4. The quantitative estimate of drug-likeness (QED) is 0.508. The zero-order valence-electron chi connectivity index (χ0n) is 15.6. The molecular weight excluding hydrogens is 366 g/mol. The molecule has 0 aliphatic carbocycles. The van der Waals surface area contributed by atoms with Crippen LogP contribution in [0, 0.1) is 0 Å². The summed E-state index contributed by atoms with van der Waals surface area (Å²) in [6.45, 7) is 1.51. The summed E-state index contributed by atoms with van der Waals surface area (Å²) in [7, 11) is 2.89. The molecule has 2 rings (SSSR count). The van der Waals surface area contributed by atoms with Crippen molar-refractivity contribution < 1.29 is 28.6 Å². The summed E-state index contributed by atoms with van der Waals surface area (Å²) in [6, 6.07) is 13.4. The number of hydrogen-bond acceptors (Lipinski definition) is 6. The van der Waals surface area contributed by atoms with Crippen molar-refractivity contribution in [2.75, 3.05) is 19.5 Å². The number of ether oxygens (including phenoxy) is 3. The SMILES string of the molecule is COc1ccc(OC)c(NC(=O)C(=O)NNC(=O)C(C)Oc2ccccc2)c1. The van der Waals surface area contributed by atoms with Crippen LogP contribution in [0.2, 0.25) is 0 Å². The molecule has 2 aromatic carbocycles. The van der Waals surface area contributed by atoms with Gasteiger partial charge in [-0.25, -0.2) is 0 Å². The lowest BCUT2D eigenvalue weighted by molar-refractivity contribution is -0.139. The van der Waals surface area contributed by atoms with E-state index < -0.39 is 23.8 Å². The first kappa shape index (κ1) is 20.6. The Balaban J connectivity index is 1.88. The first-order valence-electron chi connectivity index (χ1n) is 8.29. The fourth-order valence-corrected chi connectivity index (χ4v) is 2.12. The molecule has 0 spiro atoms. The molecule has 0 bridgehead atoms. The average Bonchev–Trinajstić information content (AvgIpc) is 2.72. The van der Waals surface area contributed by atoms with Crippen molar-refractivity contribution in [3.63, 3.8) is 0 Å². The lowest BCUT2D eigenvalue weighted by Crippen LogP contribution is -2.50. The van der Waals surface area contributed by atoms with E-state index in [1.165, 1.54) is 27.2 Å². The van der Waals surface area contributed by atoms with E-state index >= 15 is 0 Å². The van der Waals surface area contributed by atoms with Crippen LogP contribution < -0.4 is 30.4 Å². The smallest absolute Gasteiger partial charge is 0.328 e. The molecule has 1 unspecified atom stereocenters. The summed E-state index contributed by atoms with van der Waals surface area (Å²) in [5, 5.41) is 2.39. The van der Waals surface area contributed by atoms with E-state index in [1.807, 2.05) is 11.5 Å². The van der Waals surface area contributed by atoms with Gasteiger partial charge in [0.05, 0.1) is 19.9 Å². The number of rotatable bonds is 6. The molecule has 0 aliphatic rings. The van der Waals surface area contributed by atoms with Gasteiger partial charge in [0.15, 0.2) is 6.10 Å². The largest absolute Gasteiger partial charge is 0.497 e. The molecule has 0 heterocycles. The van der Waals surface area contributed by atoms with E-state index in [0.29, 0.717) is 17.2 Å². The molecule has 1 atom stereocenters. The molecule has 148 valence electrons. The maximum atomic E-state index is 12.1. The topological polar surface area (TPSA) is 115 Å². The van der Waals surface area contributed by atoms with Gasteiger partial charge in [-0.3, -0.25) is 25.2 Å². The number of nitrogens with one attached hydrogen (secondary N) is 3. The minimum atomic E-state index is -1.06. The average molecular weight is 387 g/mol. The highest BCUT2D eigenvalue weighted by Crippen LogP contribution is 2.28. The second-order valence-corrected chi connectivity index (χ2v) is 5.54. The lowest BCUT2D eigenvalue weighted by Gasteiger charge is -2.15. The molecule has 0 fully saturated rings. The molecule has 9 nitrogen and oxygen atoms in total. The second kappa shape index (κ2) is 9.81. The fraction of sp³-hybridized carbons (Fsp3) is 0.211. The van der Waals surface area contributed by atoms with Crippen LogP contribution in [0.5, 0.6) is 17.2 Å². The monoisotopic (exact) mass is 387 g/mol. The Morgan fingerprint density at radius 2 is 1.57 bits per heavy atom. The molecule has 2 aromatic rings. The van der Waals surface area contributed by atoms with E-state index in [9.17, 15) is 14.4 Å². The molecule has 0 saturated carbocycles. The van der Waals surface area contributed by atoms with Crippen molar-refractivity contribution in [1.29, 1.82) is 0 Å². The summed E-state index contributed by atoms with van der Waals surface area (Å²) >= 11 is 0. The van der Waals surface area contributed by atoms with Crippen LogP contribution in [0.25, 0.3) is 0 Å². The second-order valence-electron chi connectivity index (χ2n) is 5.54. The summed E-state index contributed by atoms with van der Waals surface area (Å²) in [5.41, 5.74) is 4.42. The molecule has 28 heavy (non-hydrogen) atoms. The van der Waals surface area contributed by atoms with Gasteiger partial charge in [0.1, 0.15) is 17.2 Å². The van der Waals surface area contributed by atoms with Crippen molar-refractivity contribution in [1.82, 2.24) is 10.9 Å². The number of anilines is 1. The van der Waals surface area contributed by atoms with E-state index in [0.717, 1.165) is 0 Å². The maximum Gasteiger partial charge on any atom is 0.328 e. The molecule has 0 saturated heterocycles. The van der Waals surface area contributed by atoms with Gasteiger partial charge in [-0.1, -0.05) is 18.2 Å². The number of benzene rings is 2. The number of carbonyl (C=O) groups excluding carboxylic acids is 3. The molecule has 0 radical (unpaired) electrons. The Morgan fingerprint density at radius 1 is 0.857 bits per heavy atom. The van der Waals surface area contributed by atoms with Crippen LogP contribution in [-0.2, 0) is 14.4 Å². The van der Waals surface area contributed by atoms with Crippen LogP contribution in [0.4, 0.5) is 5.69 Å². The van der Waals surface area contributed by atoms with Gasteiger partial charge in [-0.2, -0.15) is 0 Å². The van der Waals surface area contributed by atoms with Crippen molar-refractivity contribution in [3.05, 3.63) is 48.5 Å². The van der Waals surface area contributed by atoms with Gasteiger partial charge in [0.2, 0.25) is 0 Å². The Labute approximate surface area is 161 Å². The highest BCUT2D eigenvalue weighted by Gasteiger charge is 2.20. The van der Waals surface area contributed by atoms with E-state index in [1.54, 1.807) is 36.4 Å². The van der Waals surface area contributed by atoms with Gasteiger partial charge < -0.3 is 19.5 Å². The van der Waals surface area contributed by atoms with Gasteiger partial charge in [-0.15, -0.1) is 0 Å². The van der Waals surface area contributed by atoms with Gasteiger partial charge in [0, 0.05) is 6.07 Å². The summed E-state index contributed by atoms with van der Waals surface area (Å²) in [6.07, 6.45) is -0.885. The third-order valence-electron chi connectivity index (χ3n) is 3.59. The van der Waals surface area contributed by atoms with Crippen molar-refractivity contribution >= 4 is 23.4 Å². The van der Waals surface area contributed by atoms with Gasteiger partial charge in [0.25, 0.3) is 5.91 Å². The minimum Gasteiger partial charge on any atom is -0.497 e. The Hall–Kier alpha value is -3.75. The summed E-state index contributed by atoms with van der Waals surface area (Å²) in [5.74, 6) is -1.37. The fourth-order valence-electron chi connectivity index (χ4n) is 2.12. The van der Waals surface area contributed by atoms with Crippen LogP contribution in [0.3, 0.4) is 0 Å². The number of hydrazine groups is 1. The number of para-hydroxylation sites is 1. The maximum absolute atomic E-state index is 12.1. The molecule has 0 aromatic heterocycles. The van der Waals surface area contributed by atoms with Crippen molar-refractivity contribution in [3.8, 4) is 17.2 Å². The predicted octanol–water partition coefficient (Wildman–Crippen LogP) is 1.26. The number of carbonyl (C=O) groups is 3. The zero-order chi connectivity index (χ0) is 20.5. The van der Waals surface area contributed by atoms with Crippen LogP contribution in [-0.4, -0.2) is 38.0 Å². The number of amides is 3. The van der Waals surface area contributed by atoms with Crippen molar-refractivity contribution in [2.24, 2.45) is 0 Å². The molecule has 3 amide bonds. The van der Waals surface area contributed by atoms with E-state index in [-0.39, 0.29) is 5.69 Å². The van der Waals surface area contributed by atoms with E-state index in [2.05, 4.69) is 10.7 Å². The normalized spacial score (nSPS) is 11.0. The van der Waals surface area contributed by atoms with Gasteiger partial charge in [-0.05, 0) is 31.2 Å². The van der Waals surface area contributed by atoms with Gasteiger partial charge >= 0.3 is 11.8 Å². The number of hydrogen-bond donors (Lipinski definition) is 3. The standard InChI is InChI=1S/C19H21N3O6/c1-12(28-13-7-5-4-6-8-13)17(23)21-22-19(25)18(24)20-15-11-14(26-2)9-10-16(15)27-3/h4-12H,1-3H3,(H,20,24)(H,21,23)(H,22,25). The summed E-state index contributed by atoms with van der Waals surface area (Å²) < 4.78 is 15.6. The Bertz CT molecular complexity index is 841. The third-order valence-corrected chi connectivity index (χ3v) is 3.59. The van der Waals surface area contributed by atoms with Crippen LogP contribution in [0.15, 0.2) is 48.5 Å². The molecule has 3 N–H and O–H groups in total. The van der Waals surface area contributed by atoms with Crippen LogP contribution >= 0.6 is 0 Å². The van der Waals surface area contributed by atoms with E-state index in [4.69, 9.17) is 14.2 Å². The number of methoxy groups -OCH3 is 2. The lowest BCUT2D eigenvalue weighted by atomic mass is 10.2. The predicted molar refractivity (Wildman–Crippen MR) is 101 cm³/mol. The molecule has 0 aliphatic heterocycles. The zero-order valence-corrected chi connectivity index (χ0v) is 15.6. The summed E-state index contributed by atoms with van der Waals surface area (Å²) in [4.78, 5) is 36.0. The molecule has 9 heteroatoms. The Kier molecular flexibility index (Phi) is 7.21. The highest BCUT2D eigenvalue weighted by molar-refractivity contribution is 6.39.